The number of rotatable bonds is 3. The minimum atomic E-state index is 0.250. The van der Waals surface area contributed by atoms with Gasteiger partial charge >= 0.3 is 0 Å². The highest BCUT2D eigenvalue weighted by Crippen LogP contribution is 2.13. The Morgan fingerprint density at radius 3 is 2.73 bits per heavy atom. The standard InChI is InChI=1S/C11H18N2OS/c14-11-10-15-9-8-13(11)7-6-12-4-2-1-3-5-12/h8-9H,1-7,10H2. The Morgan fingerprint density at radius 1 is 1.20 bits per heavy atom. The molecule has 0 aromatic heterocycles. The zero-order valence-corrected chi connectivity index (χ0v) is 9.84. The first-order valence-corrected chi connectivity index (χ1v) is 6.71. The van der Waals surface area contributed by atoms with E-state index in [1.165, 1.54) is 32.4 Å². The van der Waals surface area contributed by atoms with Gasteiger partial charge in [-0.15, -0.1) is 11.8 Å². The molecule has 3 nitrogen and oxygen atoms in total. The molecule has 0 aliphatic carbocycles. The first-order valence-electron chi connectivity index (χ1n) is 5.66. The van der Waals surface area contributed by atoms with Crippen LogP contribution in [0, 0.1) is 0 Å². The van der Waals surface area contributed by atoms with Crippen molar-refractivity contribution in [1.29, 1.82) is 0 Å². The number of amides is 1. The lowest BCUT2D eigenvalue weighted by molar-refractivity contribution is -0.126. The Hall–Kier alpha value is -0.480. The molecule has 1 fully saturated rings. The number of nitrogens with zero attached hydrogens (tertiary/aromatic N) is 2. The van der Waals surface area contributed by atoms with Crippen LogP contribution in [0.5, 0.6) is 0 Å². The molecule has 0 spiro atoms. The van der Waals surface area contributed by atoms with Crippen LogP contribution in [0.15, 0.2) is 11.6 Å². The van der Waals surface area contributed by atoms with Gasteiger partial charge < -0.3 is 9.80 Å². The first kappa shape index (κ1) is 11.0. The second-order valence-corrected chi connectivity index (χ2v) is 4.98. The van der Waals surface area contributed by atoms with Gasteiger partial charge in [0, 0.05) is 19.3 Å². The largest absolute Gasteiger partial charge is 0.317 e. The Kier molecular flexibility index (Phi) is 4.09. The molecule has 0 N–H and O–H groups in total. The summed E-state index contributed by atoms with van der Waals surface area (Å²) < 4.78 is 0. The normalized spacial score (nSPS) is 23.5. The van der Waals surface area contributed by atoms with Gasteiger partial charge in [-0.05, 0) is 31.3 Å². The van der Waals surface area contributed by atoms with Gasteiger partial charge in [-0.25, -0.2) is 0 Å². The summed E-state index contributed by atoms with van der Waals surface area (Å²) in [6.45, 7) is 4.30. The summed E-state index contributed by atoms with van der Waals surface area (Å²) >= 11 is 1.58. The number of likely N-dealkylation sites (tertiary alicyclic amines) is 1. The maximum atomic E-state index is 11.5. The fourth-order valence-electron chi connectivity index (χ4n) is 2.03. The van der Waals surface area contributed by atoms with Crippen molar-refractivity contribution in [2.45, 2.75) is 19.3 Å². The van der Waals surface area contributed by atoms with E-state index in [0.29, 0.717) is 5.75 Å². The molecular weight excluding hydrogens is 208 g/mol. The molecule has 0 aromatic rings. The van der Waals surface area contributed by atoms with Crippen molar-refractivity contribution >= 4 is 17.7 Å². The lowest BCUT2D eigenvalue weighted by Gasteiger charge is -2.29. The molecule has 0 unspecified atom stereocenters. The third-order valence-electron chi connectivity index (χ3n) is 2.97. The molecule has 2 heterocycles. The van der Waals surface area contributed by atoms with Crippen LogP contribution >= 0.6 is 11.8 Å². The van der Waals surface area contributed by atoms with Crippen LogP contribution < -0.4 is 0 Å². The third kappa shape index (κ3) is 3.24. The molecule has 0 bridgehead atoms. The Morgan fingerprint density at radius 2 is 2.00 bits per heavy atom. The maximum absolute atomic E-state index is 11.5. The van der Waals surface area contributed by atoms with Crippen molar-refractivity contribution in [3.8, 4) is 0 Å². The Bertz CT molecular complexity index is 249. The van der Waals surface area contributed by atoms with E-state index in [4.69, 9.17) is 0 Å². The SMILES string of the molecule is O=C1CSC=CN1CCN1CCCCC1. The van der Waals surface area contributed by atoms with Crippen LogP contribution in [0.25, 0.3) is 0 Å². The average Bonchev–Trinajstić information content (AvgIpc) is 2.29. The molecule has 84 valence electrons. The number of carbonyl (C=O) groups is 1. The minimum Gasteiger partial charge on any atom is -0.317 e. The van der Waals surface area contributed by atoms with E-state index >= 15 is 0 Å². The Balaban J connectivity index is 1.74. The number of carbonyl (C=O) groups excluding carboxylic acids is 1. The predicted molar refractivity (Wildman–Crippen MR) is 63.6 cm³/mol. The van der Waals surface area contributed by atoms with Crippen molar-refractivity contribution in [3.63, 3.8) is 0 Å². The monoisotopic (exact) mass is 226 g/mol. The fraction of sp³-hybridized carbons (Fsp3) is 0.727. The van der Waals surface area contributed by atoms with Gasteiger partial charge in [0.2, 0.25) is 5.91 Å². The zero-order valence-electron chi connectivity index (χ0n) is 9.02. The minimum absolute atomic E-state index is 0.250. The summed E-state index contributed by atoms with van der Waals surface area (Å²) in [5.74, 6) is 0.857. The predicted octanol–water partition coefficient (Wildman–Crippen LogP) is 1.52. The molecule has 2 aliphatic rings. The quantitative estimate of drug-likeness (QED) is 0.729. The van der Waals surface area contributed by atoms with E-state index in [2.05, 4.69) is 4.90 Å². The number of thioether (sulfide) groups is 1. The highest BCUT2D eigenvalue weighted by molar-refractivity contribution is 8.02. The molecule has 0 aromatic carbocycles. The topological polar surface area (TPSA) is 23.6 Å². The van der Waals surface area contributed by atoms with Crippen molar-refractivity contribution in [2.24, 2.45) is 0 Å². The van der Waals surface area contributed by atoms with E-state index in [9.17, 15) is 4.79 Å². The molecule has 2 rings (SSSR count). The van der Waals surface area contributed by atoms with Crippen molar-refractivity contribution in [2.75, 3.05) is 31.9 Å². The summed E-state index contributed by atoms with van der Waals surface area (Å²) in [7, 11) is 0. The van der Waals surface area contributed by atoms with Gasteiger partial charge in [0.1, 0.15) is 0 Å². The van der Waals surface area contributed by atoms with Gasteiger partial charge in [-0.3, -0.25) is 4.79 Å². The Labute approximate surface area is 95.5 Å². The molecule has 0 radical (unpaired) electrons. The molecule has 1 saturated heterocycles. The van der Waals surface area contributed by atoms with E-state index in [1.54, 1.807) is 11.8 Å². The van der Waals surface area contributed by atoms with E-state index in [1.807, 2.05) is 16.5 Å². The first-order chi connectivity index (χ1) is 7.36. The van der Waals surface area contributed by atoms with Gasteiger partial charge in [0.05, 0.1) is 5.75 Å². The van der Waals surface area contributed by atoms with Crippen LogP contribution in [0.2, 0.25) is 0 Å². The second-order valence-electron chi connectivity index (χ2n) is 4.09. The third-order valence-corrected chi connectivity index (χ3v) is 3.70. The maximum Gasteiger partial charge on any atom is 0.236 e. The summed E-state index contributed by atoms with van der Waals surface area (Å²) in [6, 6.07) is 0. The van der Waals surface area contributed by atoms with Gasteiger partial charge in [0.15, 0.2) is 0 Å². The highest BCUT2D eigenvalue weighted by Gasteiger charge is 2.16. The van der Waals surface area contributed by atoms with Crippen molar-refractivity contribution < 1.29 is 4.79 Å². The summed E-state index contributed by atoms with van der Waals surface area (Å²) in [5.41, 5.74) is 0. The van der Waals surface area contributed by atoms with E-state index < -0.39 is 0 Å². The second kappa shape index (κ2) is 5.56. The number of piperidine rings is 1. The van der Waals surface area contributed by atoms with Crippen molar-refractivity contribution in [1.82, 2.24) is 9.80 Å². The summed E-state index contributed by atoms with van der Waals surface area (Å²) in [4.78, 5) is 15.8. The van der Waals surface area contributed by atoms with E-state index in [0.717, 1.165) is 13.1 Å². The van der Waals surface area contributed by atoms with Crippen LogP contribution in [0.1, 0.15) is 19.3 Å². The van der Waals surface area contributed by atoms with E-state index in [-0.39, 0.29) is 5.91 Å². The van der Waals surface area contributed by atoms with Crippen LogP contribution in [0.3, 0.4) is 0 Å². The molecular formula is C11H18N2OS. The van der Waals surface area contributed by atoms with Crippen LogP contribution in [-0.4, -0.2) is 47.6 Å². The number of hydrogen-bond donors (Lipinski definition) is 0. The van der Waals surface area contributed by atoms with Crippen molar-refractivity contribution in [3.05, 3.63) is 11.6 Å². The van der Waals surface area contributed by atoms with Crippen LogP contribution in [-0.2, 0) is 4.79 Å². The van der Waals surface area contributed by atoms with Gasteiger partial charge in [-0.2, -0.15) is 0 Å². The van der Waals surface area contributed by atoms with Gasteiger partial charge in [0.25, 0.3) is 0 Å². The molecule has 0 atom stereocenters. The highest BCUT2D eigenvalue weighted by atomic mass is 32.2. The summed E-state index contributed by atoms with van der Waals surface area (Å²) in [5, 5.41) is 2.01. The molecule has 2 aliphatic heterocycles. The average molecular weight is 226 g/mol. The fourth-order valence-corrected chi connectivity index (χ4v) is 2.67. The van der Waals surface area contributed by atoms with Crippen LogP contribution in [0.4, 0.5) is 0 Å². The molecule has 1 amide bonds. The summed E-state index contributed by atoms with van der Waals surface area (Å²) in [6.07, 6.45) is 5.93. The molecule has 0 saturated carbocycles. The van der Waals surface area contributed by atoms with Gasteiger partial charge in [-0.1, -0.05) is 6.42 Å². The lowest BCUT2D eigenvalue weighted by Crippen LogP contribution is -2.39. The zero-order chi connectivity index (χ0) is 10.5. The lowest BCUT2D eigenvalue weighted by atomic mass is 10.1. The molecule has 15 heavy (non-hydrogen) atoms. The molecule has 4 heteroatoms. The number of hydrogen-bond acceptors (Lipinski definition) is 3. The smallest absolute Gasteiger partial charge is 0.236 e.